The van der Waals surface area contributed by atoms with Gasteiger partial charge in [0.15, 0.2) is 0 Å². The maximum absolute atomic E-state index is 11.7. The van der Waals surface area contributed by atoms with Crippen LogP contribution in [0.15, 0.2) is 24.3 Å². The van der Waals surface area contributed by atoms with Gasteiger partial charge in [0.2, 0.25) is 5.91 Å². The van der Waals surface area contributed by atoms with Crippen LogP contribution in [0.5, 0.6) is 0 Å². The minimum atomic E-state index is -1.36. The molecule has 6 heteroatoms. The molecule has 1 aromatic rings. The molecule has 0 bridgehead atoms. The van der Waals surface area contributed by atoms with Crippen LogP contribution in [0.1, 0.15) is 15.9 Å². The van der Waals surface area contributed by atoms with Crippen molar-refractivity contribution in [3.63, 3.8) is 0 Å². The van der Waals surface area contributed by atoms with Gasteiger partial charge in [-0.15, -0.1) is 0 Å². The molecule has 1 aromatic carbocycles. The molecule has 4 N–H and O–H groups in total. The number of carbonyl (C=O) groups excluding carboxylic acids is 2. The number of aliphatic hydroxyl groups is 1. The number of benzene rings is 1. The zero-order chi connectivity index (χ0) is 13.5. The standard InChI is InChI=1S/C12H16N2O3S/c1-18-7-8-2-4-9(5-3-8)12(17)14-6-10(15)11(13)16/h2-5,10,15H,6-7H2,1H3,(H2,13,16)(H,14,17). The van der Waals surface area contributed by atoms with Crippen LogP contribution in [0, 0.1) is 0 Å². The van der Waals surface area contributed by atoms with Gasteiger partial charge in [-0.05, 0) is 24.0 Å². The van der Waals surface area contributed by atoms with Crippen molar-refractivity contribution in [3.8, 4) is 0 Å². The zero-order valence-corrected chi connectivity index (χ0v) is 10.9. The van der Waals surface area contributed by atoms with Gasteiger partial charge in [0.1, 0.15) is 6.10 Å². The summed E-state index contributed by atoms with van der Waals surface area (Å²) in [6.07, 6.45) is 0.649. The van der Waals surface area contributed by atoms with E-state index in [1.165, 1.54) is 0 Å². The minimum Gasteiger partial charge on any atom is -0.381 e. The molecule has 1 atom stereocenters. The molecule has 0 spiro atoms. The highest BCUT2D eigenvalue weighted by Gasteiger charge is 2.12. The Morgan fingerprint density at radius 1 is 1.39 bits per heavy atom. The summed E-state index contributed by atoms with van der Waals surface area (Å²) in [6, 6.07) is 7.15. The second-order valence-electron chi connectivity index (χ2n) is 3.76. The lowest BCUT2D eigenvalue weighted by molar-refractivity contribution is -0.125. The predicted octanol–water partition coefficient (Wildman–Crippen LogP) is 0.126. The number of amides is 2. The predicted molar refractivity (Wildman–Crippen MR) is 71.2 cm³/mol. The first-order valence-electron chi connectivity index (χ1n) is 5.38. The highest BCUT2D eigenvalue weighted by atomic mass is 32.2. The molecule has 0 radical (unpaired) electrons. The molecule has 1 rings (SSSR count). The first kappa shape index (κ1) is 14.5. The summed E-state index contributed by atoms with van der Waals surface area (Å²) in [7, 11) is 0. The van der Waals surface area contributed by atoms with Crippen molar-refractivity contribution in [1.29, 1.82) is 0 Å². The van der Waals surface area contributed by atoms with Crippen LogP contribution in [0.3, 0.4) is 0 Å². The summed E-state index contributed by atoms with van der Waals surface area (Å²) in [5, 5.41) is 11.6. The Morgan fingerprint density at radius 2 is 2.00 bits per heavy atom. The number of nitrogens with two attached hydrogens (primary N) is 1. The molecule has 0 saturated carbocycles. The van der Waals surface area contributed by atoms with Crippen molar-refractivity contribution in [2.75, 3.05) is 12.8 Å². The topological polar surface area (TPSA) is 92.4 Å². The van der Waals surface area contributed by atoms with Crippen LogP contribution in [0.4, 0.5) is 0 Å². The second kappa shape index (κ2) is 7.03. The van der Waals surface area contributed by atoms with Gasteiger partial charge >= 0.3 is 0 Å². The number of hydrogen-bond acceptors (Lipinski definition) is 4. The van der Waals surface area contributed by atoms with Crippen LogP contribution >= 0.6 is 11.8 Å². The molecule has 0 aliphatic carbocycles. The van der Waals surface area contributed by atoms with E-state index in [-0.39, 0.29) is 12.5 Å². The van der Waals surface area contributed by atoms with E-state index in [1.54, 1.807) is 23.9 Å². The van der Waals surface area contributed by atoms with Crippen molar-refractivity contribution >= 4 is 23.6 Å². The Bertz CT molecular complexity index is 420. The van der Waals surface area contributed by atoms with Gasteiger partial charge in [-0.3, -0.25) is 9.59 Å². The lowest BCUT2D eigenvalue weighted by atomic mass is 10.1. The molecule has 98 valence electrons. The van der Waals surface area contributed by atoms with Crippen LogP contribution in [0.2, 0.25) is 0 Å². The maximum Gasteiger partial charge on any atom is 0.251 e. The lowest BCUT2D eigenvalue weighted by Crippen LogP contribution is -2.39. The monoisotopic (exact) mass is 268 g/mol. The highest BCUT2D eigenvalue weighted by Crippen LogP contribution is 2.10. The van der Waals surface area contributed by atoms with Crippen molar-refractivity contribution in [3.05, 3.63) is 35.4 Å². The smallest absolute Gasteiger partial charge is 0.251 e. The molecule has 0 heterocycles. The van der Waals surface area contributed by atoms with E-state index in [2.05, 4.69) is 5.32 Å². The number of carbonyl (C=O) groups is 2. The first-order chi connectivity index (χ1) is 8.54. The number of thioether (sulfide) groups is 1. The van der Waals surface area contributed by atoms with Crippen molar-refractivity contribution < 1.29 is 14.7 Å². The zero-order valence-electron chi connectivity index (χ0n) is 10.1. The molecule has 0 fully saturated rings. The molecular weight excluding hydrogens is 252 g/mol. The van der Waals surface area contributed by atoms with Gasteiger partial charge in [-0.1, -0.05) is 12.1 Å². The van der Waals surface area contributed by atoms with E-state index in [1.807, 2.05) is 18.4 Å². The number of aliphatic hydroxyl groups excluding tert-OH is 1. The summed E-state index contributed by atoms with van der Waals surface area (Å²) in [5.74, 6) is -0.306. The van der Waals surface area contributed by atoms with Crippen LogP contribution in [0.25, 0.3) is 0 Å². The summed E-state index contributed by atoms with van der Waals surface area (Å²) in [4.78, 5) is 22.2. The first-order valence-corrected chi connectivity index (χ1v) is 6.77. The average Bonchev–Trinajstić information content (AvgIpc) is 2.36. The van der Waals surface area contributed by atoms with E-state index in [4.69, 9.17) is 10.8 Å². The third-order valence-electron chi connectivity index (χ3n) is 2.31. The Labute approximate surface area is 110 Å². The van der Waals surface area contributed by atoms with Gasteiger partial charge in [-0.2, -0.15) is 11.8 Å². The normalized spacial score (nSPS) is 11.9. The molecule has 2 amide bonds. The Morgan fingerprint density at radius 3 is 2.50 bits per heavy atom. The number of primary amides is 1. The average molecular weight is 268 g/mol. The number of nitrogens with one attached hydrogen (secondary N) is 1. The molecule has 1 unspecified atom stereocenters. The molecule has 18 heavy (non-hydrogen) atoms. The van der Waals surface area contributed by atoms with Crippen LogP contribution < -0.4 is 11.1 Å². The summed E-state index contributed by atoms with van der Waals surface area (Å²) in [5.41, 5.74) is 6.49. The fourth-order valence-corrected chi connectivity index (χ4v) is 1.84. The minimum absolute atomic E-state index is 0.180. The molecule has 0 aliphatic rings. The van der Waals surface area contributed by atoms with Gasteiger partial charge in [0, 0.05) is 11.3 Å². The number of rotatable bonds is 6. The lowest BCUT2D eigenvalue weighted by Gasteiger charge is -2.08. The fraction of sp³-hybridized carbons (Fsp3) is 0.333. The molecule has 0 aliphatic heterocycles. The van der Waals surface area contributed by atoms with Crippen LogP contribution in [-0.4, -0.2) is 35.8 Å². The largest absolute Gasteiger partial charge is 0.381 e. The molecule has 0 aromatic heterocycles. The Hall–Kier alpha value is -1.53. The molecule has 5 nitrogen and oxygen atoms in total. The van der Waals surface area contributed by atoms with E-state index >= 15 is 0 Å². The second-order valence-corrected chi connectivity index (χ2v) is 4.62. The van der Waals surface area contributed by atoms with Gasteiger partial charge in [0.05, 0.1) is 6.54 Å². The Balaban J connectivity index is 2.54. The molecular formula is C12H16N2O3S. The van der Waals surface area contributed by atoms with E-state index in [0.717, 1.165) is 11.3 Å². The third kappa shape index (κ3) is 4.38. The van der Waals surface area contributed by atoms with Crippen molar-refractivity contribution in [1.82, 2.24) is 5.32 Å². The summed E-state index contributed by atoms with van der Waals surface area (Å²) < 4.78 is 0. The SMILES string of the molecule is CSCc1ccc(C(=O)NCC(O)C(N)=O)cc1. The third-order valence-corrected chi connectivity index (χ3v) is 2.93. The number of hydrogen-bond donors (Lipinski definition) is 3. The Kier molecular flexibility index (Phi) is 5.67. The van der Waals surface area contributed by atoms with E-state index in [0.29, 0.717) is 5.56 Å². The highest BCUT2D eigenvalue weighted by molar-refractivity contribution is 7.97. The van der Waals surface area contributed by atoms with Crippen molar-refractivity contribution in [2.45, 2.75) is 11.9 Å². The summed E-state index contributed by atoms with van der Waals surface area (Å²) in [6.45, 7) is -0.180. The molecule has 0 saturated heterocycles. The van der Waals surface area contributed by atoms with E-state index < -0.39 is 12.0 Å². The van der Waals surface area contributed by atoms with Gasteiger partial charge in [-0.25, -0.2) is 0 Å². The van der Waals surface area contributed by atoms with Crippen molar-refractivity contribution in [2.24, 2.45) is 5.73 Å². The van der Waals surface area contributed by atoms with Gasteiger partial charge in [0.25, 0.3) is 5.91 Å². The quantitative estimate of drug-likeness (QED) is 0.683. The maximum atomic E-state index is 11.7. The fourth-order valence-electron chi connectivity index (χ4n) is 1.31. The summed E-state index contributed by atoms with van der Waals surface area (Å²) >= 11 is 1.70. The van der Waals surface area contributed by atoms with E-state index in [9.17, 15) is 9.59 Å². The van der Waals surface area contributed by atoms with Crippen LogP contribution in [-0.2, 0) is 10.5 Å². The van der Waals surface area contributed by atoms with Gasteiger partial charge < -0.3 is 16.2 Å².